The van der Waals surface area contributed by atoms with Crippen LogP contribution in [0.25, 0.3) is 0 Å². The minimum absolute atomic E-state index is 0.110. The number of carboxylic acid groups (broad SMARTS) is 1. The molecular weight excluding hydrogens is 354 g/mol. The standard InChI is InChI=1S/C15H18BrNO5/c1-21-13-3-2-11(16)6-10(13)7-14(18)17-4-5-22-9-12(17)8-15(19)20/h2-3,6,12H,4-5,7-9H2,1H3,(H,19,20). The number of methoxy groups -OCH3 is 1. The van der Waals surface area contributed by atoms with Crippen molar-refractivity contribution in [3.8, 4) is 5.75 Å². The minimum atomic E-state index is -0.937. The second-order valence-corrected chi connectivity index (χ2v) is 5.96. The van der Waals surface area contributed by atoms with Crippen LogP contribution in [0.4, 0.5) is 0 Å². The molecule has 7 heteroatoms. The van der Waals surface area contributed by atoms with E-state index in [2.05, 4.69) is 15.9 Å². The summed E-state index contributed by atoms with van der Waals surface area (Å²) in [6.07, 6.45) is 0.0556. The van der Waals surface area contributed by atoms with Crippen LogP contribution < -0.4 is 4.74 Å². The summed E-state index contributed by atoms with van der Waals surface area (Å²) in [5.74, 6) is -0.418. The Morgan fingerprint density at radius 2 is 2.27 bits per heavy atom. The molecule has 1 fully saturated rings. The summed E-state index contributed by atoms with van der Waals surface area (Å²) in [6.45, 7) is 1.10. The van der Waals surface area contributed by atoms with Gasteiger partial charge in [-0.05, 0) is 18.2 Å². The Bertz CT molecular complexity index is 563. The van der Waals surface area contributed by atoms with E-state index in [1.807, 2.05) is 12.1 Å². The van der Waals surface area contributed by atoms with Gasteiger partial charge in [0.2, 0.25) is 5.91 Å². The van der Waals surface area contributed by atoms with Crippen LogP contribution in [0.2, 0.25) is 0 Å². The number of halogens is 1. The number of benzene rings is 1. The van der Waals surface area contributed by atoms with Crippen LogP contribution in [0.5, 0.6) is 5.75 Å². The predicted octanol–water partition coefficient (Wildman–Crippen LogP) is 1.70. The first kappa shape index (κ1) is 16.8. The number of rotatable bonds is 5. The summed E-state index contributed by atoms with van der Waals surface area (Å²) in [6, 6.07) is 5.05. The van der Waals surface area contributed by atoms with E-state index in [0.29, 0.717) is 18.9 Å². The van der Waals surface area contributed by atoms with Crippen LogP contribution in [-0.2, 0) is 20.7 Å². The van der Waals surface area contributed by atoms with Gasteiger partial charge in [-0.2, -0.15) is 0 Å². The molecule has 0 aliphatic carbocycles. The Hall–Kier alpha value is -1.60. The molecule has 1 saturated heterocycles. The van der Waals surface area contributed by atoms with E-state index in [4.69, 9.17) is 14.6 Å². The average Bonchev–Trinajstić information content (AvgIpc) is 2.47. The molecule has 6 nitrogen and oxygen atoms in total. The van der Waals surface area contributed by atoms with Crippen LogP contribution in [-0.4, -0.2) is 54.8 Å². The number of aliphatic carboxylic acids is 1. The lowest BCUT2D eigenvalue weighted by atomic mass is 10.1. The molecular formula is C15H18BrNO5. The highest BCUT2D eigenvalue weighted by atomic mass is 79.9. The largest absolute Gasteiger partial charge is 0.496 e. The predicted molar refractivity (Wildman–Crippen MR) is 83.0 cm³/mol. The van der Waals surface area contributed by atoms with Crippen LogP contribution >= 0.6 is 15.9 Å². The second-order valence-electron chi connectivity index (χ2n) is 5.05. The summed E-state index contributed by atoms with van der Waals surface area (Å²) in [4.78, 5) is 25.1. The van der Waals surface area contributed by atoms with E-state index in [-0.39, 0.29) is 25.4 Å². The summed E-state index contributed by atoms with van der Waals surface area (Å²) in [5, 5.41) is 8.95. The monoisotopic (exact) mass is 371 g/mol. The molecule has 0 saturated carbocycles. The minimum Gasteiger partial charge on any atom is -0.496 e. The smallest absolute Gasteiger partial charge is 0.305 e. The van der Waals surface area contributed by atoms with Gasteiger partial charge in [-0.15, -0.1) is 0 Å². The maximum Gasteiger partial charge on any atom is 0.305 e. The van der Waals surface area contributed by atoms with Gasteiger partial charge in [-0.1, -0.05) is 15.9 Å². The molecule has 0 spiro atoms. The quantitative estimate of drug-likeness (QED) is 0.852. The third kappa shape index (κ3) is 4.20. The Kier molecular flexibility index (Phi) is 5.79. The highest BCUT2D eigenvalue weighted by molar-refractivity contribution is 9.10. The molecule has 1 N–H and O–H groups in total. The summed E-state index contributed by atoms with van der Waals surface area (Å²) < 4.78 is 11.4. The molecule has 1 aromatic rings. The van der Waals surface area contributed by atoms with Gasteiger partial charge in [-0.3, -0.25) is 9.59 Å². The third-order valence-electron chi connectivity index (χ3n) is 3.54. The van der Waals surface area contributed by atoms with E-state index in [0.717, 1.165) is 10.0 Å². The highest BCUT2D eigenvalue weighted by Gasteiger charge is 2.29. The molecule has 1 aromatic carbocycles. The average molecular weight is 372 g/mol. The molecule has 1 aliphatic heterocycles. The Morgan fingerprint density at radius 3 is 2.95 bits per heavy atom. The van der Waals surface area contributed by atoms with Gasteiger partial charge >= 0.3 is 5.97 Å². The van der Waals surface area contributed by atoms with Crippen molar-refractivity contribution >= 4 is 27.8 Å². The van der Waals surface area contributed by atoms with Crippen molar-refractivity contribution in [3.05, 3.63) is 28.2 Å². The van der Waals surface area contributed by atoms with Crippen LogP contribution in [0.3, 0.4) is 0 Å². The van der Waals surface area contributed by atoms with Gasteiger partial charge in [0.05, 0.1) is 39.2 Å². The lowest BCUT2D eigenvalue weighted by Crippen LogP contribution is -2.50. The zero-order valence-electron chi connectivity index (χ0n) is 12.3. The zero-order chi connectivity index (χ0) is 16.1. The molecule has 2 rings (SSSR count). The number of morpholine rings is 1. The molecule has 22 heavy (non-hydrogen) atoms. The van der Waals surface area contributed by atoms with Gasteiger partial charge < -0.3 is 19.5 Å². The fourth-order valence-electron chi connectivity index (χ4n) is 2.50. The number of carboxylic acids is 1. The normalized spacial score (nSPS) is 18.1. The topological polar surface area (TPSA) is 76.1 Å². The molecule has 0 bridgehead atoms. The number of hydrogen-bond acceptors (Lipinski definition) is 4. The van der Waals surface area contributed by atoms with Crippen molar-refractivity contribution in [2.24, 2.45) is 0 Å². The first-order valence-corrected chi connectivity index (χ1v) is 7.72. The second kappa shape index (κ2) is 7.60. The maximum absolute atomic E-state index is 12.5. The van der Waals surface area contributed by atoms with E-state index in [1.54, 1.807) is 18.1 Å². The van der Waals surface area contributed by atoms with E-state index < -0.39 is 12.0 Å². The Balaban J connectivity index is 2.13. The van der Waals surface area contributed by atoms with E-state index in [1.165, 1.54) is 0 Å². The maximum atomic E-state index is 12.5. The Labute approximate surface area is 137 Å². The van der Waals surface area contributed by atoms with Crippen molar-refractivity contribution in [1.29, 1.82) is 0 Å². The number of carbonyl (C=O) groups excluding carboxylic acids is 1. The lowest BCUT2D eigenvalue weighted by Gasteiger charge is -2.35. The summed E-state index contributed by atoms with van der Waals surface area (Å²) in [7, 11) is 1.55. The first-order chi connectivity index (χ1) is 10.5. The molecule has 1 atom stereocenters. The SMILES string of the molecule is COc1ccc(Br)cc1CC(=O)N1CCOCC1CC(=O)O. The molecule has 0 aromatic heterocycles. The summed E-state index contributed by atoms with van der Waals surface area (Å²) in [5.41, 5.74) is 0.766. The van der Waals surface area contributed by atoms with Crippen LogP contribution in [0.1, 0.15) is 12.0 Å². The fraction of sp³-hybridized carbons (Fsp3) is 0.467. The van der Waals surface area contributed by atoms with Gasteiger partial charge in [0, 0.05) is 16.6 Å². The van der Waals surface area contributed by atoms with Crippen molar-refractivity contribution in [2.75, 3.05) is 26.9 Å². The molecule has 120 valence electrons. The molecule has 1 aliphatic rings. The van der Waals surface area contributed by atoms with Crippen LogP contribution in [0, 0.1) is 0 Å². The van der Waals surface area contributed by atoms with Gasteiger partial charge in [0.25, 0.3) is 0 Å². The number of carbonyl (C=O) groups is 2. The van der Waals surface area contributed by atoms with Gasteiger partial charge in [-0.25, -0.2) is 0 Å². The van der Waals surface area contributed by atoms with Gasteiger partial charge in [0.15, 0.2) is 0 Å². The van der Waals surface area contributed by atoms with Gasteiger partial charge in [0.1, 0.15) is 5.75 Å². The number of nitrogens with zero attached hydrogens (tertiary/aromatic N) is 1. The lowest BCUT2D eigenvalue weighted by molar-refractivity contribution is -0.145. The van der Waals surface area contributed by atoms with E-state index in [9.17, 15) is 9.59 Å². The number of amides is 1. The number of hydrogen-bond donors (Lipinski definition) is 1. The fourth-order valence-corrected chi connectivity index (χ4v) is 2.91. The van der Waals surface area contributed by atoms with Crippen molar-refractivity contribution in [3.63, 3.8) is 0 Å². The molecule has 1 amide bonds. The summed E-state index contributed by atoms with van der Waals surface area (Å²) >= 11 is 3.38. The molecule has 1 unspecified atom stereocenters. The zero-order valence-corrected chi connectivity index (χ0v) is 13.8. The van der Waals surface area contributed by atoms with E-state index >= 15 is 0 Å². The third-order valence-corrected chi connectivity index (χ3v) is 4.04. The Morgan fingerprint density at radius 1 is 1.50 bits per heavy atom. The molecule has 0 radical (unpaired) electrons. The van der Waals surface area contributed by atoms with Crippen LogP contribution in [0.15, 0.2) is 22.7 Å². The molecule has 1 heterocycles. The number of ether oxygens (including phenoxy) is 2. The first-order valence-electron chi connectivity index (χ1n) is 6.92. The van der Waals surface area contributed by atoms with Crippen molar-refractivity contribution in [2.45, 2.75) is 18.9 Å². The highest BCUT2D eigenvalue weighted by Crippen LogP contribution is 2.24. The van der Waals surface area contributed by atoms with Crippen molar-refractivity contribution in [1.82, 2.24) is 4.90 Å². The van der Waals surface area contributed by atoms with Crippen molar-refractivity contribution < 1.29 is 24.2 Å².